The van der Waals surface area contributed by atoms with Crippen LogP contribution in [-0.2, 0) is 4.52 Å². The second-order valence-corrected chi connectivity index (χ2v) is 2.89. The largest absolute Gasteiger partial charge is 0.481 e. The average Bonchev–Trinajstić information content (AvgIpc) is 2.23. The molecular formula is C9H18NO2P. The van der Waals surface area contributed by atoms with Crippen LogP contribution in [0.1, 0.15) is 12.8 Å². The monoisotopic (exact) mass is 203 g/mol. The molecule has 2 unspecified atom stereocenters. The highest BCUT2D eigenvalue weighted by Crippen LogP contribution is 2.20. The first-order valence-electron chi connectivity index (χ1n) is 4.26. The Hall–Kier alpha value is -0.370. The minimum atomic E-state index is 0.615. The summed E-state index contributed by atoms with van der Waals surface area (Å²) >= 11 is 0. The van der Waals surface area contributed by atoms with Crippen LogP contribution in [0.4, 0.5) is 0 Å². The van der Waals surface area contributed by atoms with Crippen LogP contribution in [-0.4, -0.2) is 18.8 Å². The van der Waals surface area contributed by atoms with E-state index in [9.17, 15) is 0 Å². The van der Waals surface area contributed by atoms with Crippen molar-refractivity contribution in [2.45, 2.75) is 12.8 Å². The molecule has 0 bridgehead atoms. The van der Waals surface area contributed by atoms with Crippen LogP contribution in [0.15, 0.2) is 24.0 Å². The summed E-state index contributed by atoms with van der Waals surface area (Å²) in [7, 11) is 3.24. The van der Waals surface area contributed by atoms with Crippen LogP contribution in [0.5, 0.6) is 0 Å². The first-order valence-corrected chi connectivity index (χ1v) is 4.74. The minimum Gasteiger partial charge on any atom is -0.481 e. The quantitative estimate of drug-likeness (QED) is 0.678. The number of aliphatic hydroxyl groups excluding tert-OH is 1. The summed E-state index contributed by atoms with van der Waals surface area (Å²) in [5.74, 6) is 1.55. The Morgan fingerprint density at radius 3 is 2.77 bits per heavy atom. The van der Waals surface area contributed by atoms with Crippen molar-refractivity contribution in [1.82, 2.24) is 0 Å². The van der Waals surface area contributed by atoms with Crippen molar-refractivity contribution in [1.29, 1.82) is 0 Å². The summed E-state index contributed by atoms with van der Waals surface area (Å²) in [5, 5.41) is 7.00. The zero-order valence-electron chi connectivity index (χ0n) is 7.94. The van der Waals surface area contributed by atoms with E-state index in [0.29, 0.717) is 5.92 Å². The zero-order valence-corrected chi connectivity index (χ0v) is 9.10. The molecule has 0 aliphatic heterocycles. The Labute approximate surface area is 81.9 Å². The molecule has 0 spiro atoms. The smallest absolute Gasteiger partial charge is 0.118 e. The molecule has 0 saturated heterocycles. The molecule has 0 aromatic rings. The van der Waals surface area contributed by atoms with Crippen molar-refractivity contribution >= 4 is 9.47 Å². The lowest BCUT2D eigenvalue weighted by atomic mass is 9.97. The summed E-state index contributed by atoms with van der Waals surface area (Å²) in [6.07, 6.45) is 8.37. The van der Waals surface area contributed by atoms with Crippen LogP contribution in [0.25, 0.3) is 0 Å². The topological polar surface area (TPSA) is 55.5 Å². The van der Waals surface area contributed by atoms with Crippen molar-refractivity contribution < 1.29 is 9.63 Å². The van der Waals surface area contributed by atoms with E-state index < -0.39 is 0 Å². The molecule has 0 heterocycles. The van der Waals surface area contributed by atoms with Gasteiger partial charge in [0.25, 0.3) is 0 Å². The average molecular weight is 203 g/mol. The number of hydrogen-bond donors (Lipinski definition) is 2. The molecule has 0 amide bonds. The maximum absolute atomic E-state index is 7.00. The summed E-state index contributed by atoms with van der Waals surface area (Å²) in [4.78, 5) is 0. The zero-order chi connectivity index (χ0) is 10.1. The molecule has 4 heteroatoms. The van der Waals surface area contributed by atoms with E-state index in [-0.39, 0.29) is 0 Å². The molecule has 1 aliphatic carbocycles. The number of hydrogen-bond acceptors (Lipinski definition) is 3. The van der Waals surface area contributed by atoms with Gasteiger partial charge >= 0.3 is 0 Å². The van der Waals surface area contributed by atoms with Gasteiger partial charge in [-0.3, -0.25) is 0 Å². The summed E-state index contributed by atoms with van der Waals surface area (Å²) < 4.78 is 4.98. The molecule has 0 radical (unpaired) electrons. The van der Waals surface area contributed by atoms with Crippen LogP contribution in [0.2, 0.25) is 0 Å². The first kappa shape index (κ1) is 12.6. The summed E-state index contributed by atoms with van der Waals surface area (Å²) in [5.41, 5.74) is 5.44. The molecule has 1 aliphatic rings. The molecule has 1 rings (SSSR count). The number of rotatable bonds is 3. The van der Waals surface area contributed by atoms with Gasteiger partial charge in [0.05, 0.1) is 9.47 Å². The van der Waals surface area contributed by atoms with E-state index >= 15 is 0 Å². The van der Waals surface area contributed by atoms with Gasteiger partial charge in [0, 0.05) is 7.11 Å². The Bertz CT molecular complexity index is 180. The van der Waals surface area contributed by atoms with E-state index in [2.05, 4.69) is 21.6 Å². The normalized spacial score (nSPS) is 20.0. The van der Waals surface area contributed by atoms with Crippen LogP contribution in [0.3, 0.4) is 0 Å². The Kier molecular flexibility index (Phi) is 8.00. The van der Waals surface area contributed by atoms with Gasteiger partial charge in [0.1, 0.15) is 5.76 Å². The van der Waals surface area contributed by atoms with Crippen LogP contribution < -0.4 is 5.73 Å². The molecule has 13 heavy (non-hydrogen) atoms. The Morgan fingerprint density at radius 2 is 2.38 bits per heavy atom. The van der Waals surface area contributed by atoms with Gasteiger partial charge in [-0.2, -0.15) is 0 Å². The highest BCUT2D eigenvalue weighted by molar-refractivity contribution is 7.10. The summed E-state index contributed by atoms with van der Waals surface area (Å²) in [6.45, 7) is 0.764. The van der Waals surface area contributed by atoms with Crippen molar-refractivity contribution in [2.24, 2.45) is 11.7 Å². The van der Waals surface area contributed by atoms with Crippen molar-refractivity contribution in [2.75, 3.05) is 13.7 Å². The predicted molar refractivity (Wildman–Crippen MR) is 57.9 cm³/mol. The summed E-state index contributed by atoms with van der Waals surface area (Å²) in [6, 6.07) is 0. The molecular weight excluding hydrogens is 185 g/mol. The maximum Gasteiger partial charge on any atom is 0.118 e. The second-order valence-electron chi connectivity index (χ2n) is 2.66. The van der Waals surface area contributed by atoms with E-state index in [0.717, 1.165) is 32.3 Å². The van der Waals surface area contributed by atoms with Crippen LogP contribution >= 0.6 is 9.47 Å². The second kappa shape index (κ2) is 8.24. The lowest BCUT2D eigenvalue weighted by Gasteiger charge is -2.13. The van der Waals surface area contributed by atoms with Crippen molar-refractivity contribution in [3.8, 4) is 0 Å². The fourth-order valence-corrected chi connectivity index (χ4v) is 1.34. The molecule has 0 saturated carbocycles. The lowest BCUT2D eigenvalue weighted by molar-refractivity contribution is 0.399. The highest BCUT2D eigenvalue weighted by atomic mass is 31.0. The lowest BCUT2D eigenvalue weighted by Crippen LogP contribution is -2.07. The molecule has 76 valence electrons. The van der Waals surface area contributed by atoms with E-state index in [1.807, 2.05) is 6.08 Å². The molecule has 3 N–H and O–H groups in total. The highest BCUT2D eigenvalue weighted by Gasteiger charge is 2.06. The predicted octanol–water partition coefficient (Wildman–Crippen LogP) is 1.21. The van der Waals surface area contributed by atoms with Gasteiger partial charge < -0.3 is 15.4 Å². The van der Waals surface area contributed by atoms with Gasteiger partial charge in [-0.1, -0.05) is 6.08 Å². The van der Waals surface area contributed by atoms with Gasteiger partial charge in [-0.15, -0.1) is 0 Å². The maximum atomic E-state index is 7.00. The standard InChI is InChI=1S/C8H14NOP.CH4O/c9-6-5-7-1-3-8(10-11)4-2-7;1-2/h1,3-4,7H,2,5-6,9,11H2;2H,1H3. The van der Waals surface area contributed by atoms with Gasteiger partial charge in [0.15, 0.2) is 0 Å². The first-order chi connectivity index (χ1) is 6.36. The molecule has 3 nitrogen and oxygen atoms in total. The molecule has 2 atom stereocenters. The van der Waals surface area contributed by atoms with Gasteiger partial charge in [0.2, 0.25) is 0 Å². The SMILES string of the molecule is CO.NCCC1C=CC(OP)=CC1. The van der Waals surface area contributed by atoms with E-state index in [1.54, 1.807) is 0 Å². The number of allylic oxidation sites excluding steroid dienone is 3. The fraction of sp³-hybridized carbons (Fsp3) is 0.556. The third kappa shape index (κ3) is 5.04. The Balaban J connectivity index is 0.000000671. The molecule has 0 aromatic carbocycles. The fourth-order valence-electron chi connectivity index (χ4n) is 1.16. The third-order valence-corrected chi connectivity index (χ3v) is 2.10. The van der Waals surface area contributed by atoms with Crippen LogP contribution in [0, 0.1) is 5.92 Å². The number of nitrogens with two attached hydrogens (primary N) is 1. The van der Waals surface area contributed by atoms with E-state index in [1.165, 1.54) is 0 Å². The minimum absolute atomic E-state index is 0.615. The molecule has 0 aromatic heterocycles. The van der Waals surface area contributed by atoms with Gasteiger partial charge in [-0.25, -0.2) is 0 Å². The van der Waals surface area contributed by atoms with Gasteiger partial charge in [-0.05, 0) is 37.5 Å². The van der Waals surface area contributed by atoms with E-state index in [4.69, 9.17) is 15.4 Å². The number of aliphatic hydroxyl groups is 1. The van der Waals surface area contributed by atoms with Crippen molar-refractivity contribution in [3.05, 3.63) is 24.0 Å². The molecule has 0 fully saturated rings. The Morgan fingerprint density at radius 1 is 1.69 bits per heavy atom. The third-order valence-electron chi connectivity index (χ3n) is 1.83. The van der Waals surface area contributed by atoms with Crippen molar-refractivity contribution in [3.63, 3.8) is 0 Å².